The molecule has 0 spiro atoms. The molecule has 4 heteroatoms. The molecule has 1 aliphatic heterocycles. The fourth-order valence-electron chi connectivity index (χ4n) is 1.90. The Morgan fingerprint density at radius 1 is 1.47 bits per heavy atom. The Bertz CT molecular complexity index is 365. The first-order chi connectivity index (χ1) is 8.67. The quantitative estimate of drug-likeness (QED) is 0.586. The van der Waals surface area contributed by atoms with Crippen molar-refractivity contribution in [2.45, 2.75) is 51.7 Å². The van der Waals surface area contributed by atoms with E-state index >= 15 is 0 Å². The van der Waals surface area contributed by atoms with Gasteiger partial charge in [0.2, 0.25) is 5.91 Å². The van der Waals surface area contributed by atoms with Crippen molar-refractivity contribution >= 4 is 14.2 Å². The Kier molecular flexibility index (Phi) is 5.23. The SMILES string of the molecule is C#CCN1CCC(CO[Si](C)(C)C(C)(C)C)CC1=O. The lowest BCUT2D eigenvalue weighted by atomic mass is 9.97. The summed E-state index contributed by atoms with van der Waals surface area (Å²) in [6, 6.07) is 0. The number of likely N-dealkylation sites (tertiary alicyclic amines) is 1. The lowest BCUT2D eigenvalue weighted by Crippen LogP contribution is -2.44. The van der Waals surface area contributed by atoms with Gasteiger partial charge in [0.15, 0.2) is 8.32 Å². The summed E-state index contributed by atoms with van der Waals surface area (Å²) in [7, 11) is -1.70. The molecular formula is C15H27NO2Si. The highest BCUT2D eigenvalue weighted by Crippen LogP contribution is 2.37. The molecule has 1 amide bonds. The summed E-state index contributed by atoms with van der Waals surface area (Å²) in [6.07, 6.45) is 6.84. The smallest absolute Gasteiger partial charge is 0.223 e. The largest absolute Gasteiger partial charge is 0.417 e. The molecule has 19 heavy (non-hydrogen) atoms. The van der Waals surface area contributed by atoms with E-state index in [4.69, 9.17) is 10.8 Å². The maximum absolute atomic E-state index is 11.9. The van der Waals surface area contributed by atoms with E-state index in [1.807, 2.05) is 0 Å². The summed E-state index contributed by atoms with van der Waals surface area (Å²) >= 11 is 0. The van der Waals surface area contributed by atoms with Gasteiger partial charge in [0.05, 0.1) is 6.54 Å². The molecule has 1 unspecified atom stereocenters. The molecule has 0 aromatic carbocycles. The third kappa shape index (κ3) is 4.36. The molecular weight excluding hydrogens is 254 g/mol. The van der Waals surface area contributed by atoms with Gasteiger partial charge in [-0.3, -0.25) is 4.79 Å². The molecule has 3 nitrogen and oxygen atoms in total. The van der Waals surface area contributed by atoms with Crippen molar-refractivity contribution in [2.24, 2.45) is 5.92 Å². The molecule has 1 fully saturated rings. The van der Waals surface area contributed by atoms with Crippen molar-refractivity contribution in [3.8, 4) is 12.3 Å². The Hall–Kier alpha value is -0.793. The number of carbonyl (C=O) groups excluding carboxylic acids is 1. The van der Waals surface area contributed by atoms with Gasteiger partial charge >= 0.3 is 0 Å². The number of piperidine rings is 1. The summed E-state index contributed by atoms with van der Waals surface area (Å²) in [4.78, 5) is 13.7. The third-order valence-corrected chi connectivity index (χ3v) is 8.89. The third-order valence-electron chi connectivity index (χ3n) is 4.39. The van der Waals surface area contributed by atoms with Crippen LogP contribution in [0.5, 0.6) is 0 Å². The monoisotopic (exact) mass is 281 g/mol. The summed E-state index contributed by atoms with van der Waals surface area (Å²) < 4.78 is 6.20. The number of amides is 1. The minimum Gasteiger partial charge on any atom is -0.417 e. The normalized spacial score (nSPS) is 21.4. The van der Waals surface area contributed by atoms with E-state index in [0.717, 1.165) is 13.0 Å². The highest BCUT2D eigenvalue weighted by atomic mass is 28.4. The van der Waals surface area contributed by atoms with Crippen LogP contribution >= 0.6 is 0 Å². The molecule has 0 aromatic rings. The van der Waals surface area contributed by atoms with Crippen LogP contribution in [-0.4, -0.2) is 38.8 Å². The van der Waals surface area contributed by atoms with Crippen LogP contribution in [0.15, 0.2) is 0 Å². The molecule has 1 saturated heterocycles. The van der Waals surface area contributed by atoms with Gasteiger partial charge in [-0.05, 0) is 30.5 Å². The van der Waals surface area contributed by atoms with Crippen LogP contribution in [0, 0.1) is 18.3 Å². The van der Waals surface area contributed by atoms with Crippen LogP contribution in [0.25, 0.3) is 0 Å². The Balaban J connectivity index is 2.45. The molecule has 0 N–H and O–H groups in total. The molecule has 0 radical (unpaired) electrons. The van der Waals surface area contributed by atoms with Crippen molar-refractivity contribution in [2.75, 3.05) is 19.7 Å². The number of carbonyl (C=O) groups is 1. The first-order valence-corrected chi connectivity index (χ1v) is 9.93. The molecule has 0 aromatic heterocycles. The minimum absolute atomic E-state index is 0.174. The lowest BCUT2D eigenvalue weighted by Gasteiger charge is -2.38. The first-order valence-electron chi connectivity index (χ1n) is 7.02. The number of hydrogen-bond acceptors (Lipinski definition) is 2. The standard InChI is InChI=1S/C15H27NO2Si/c1-7-9-16-10-8-13(11-14(16)17)12-18-19(5,6)15(2,3)4/h1,13H,8-12H2,2-6H3. The first kappa shape index (κ1) is 16.3. The van der Waals surface area contributed by atoms with E-state index in [-0.39, 0.29) is 10.9 Å². The van der Waals surface area contributed by atoms with Gasteiger partial charge in [0.1, 0.15) is 0 Å². The van der Waals surface area contributed by atoms with E-state index in [0.29, 0.717) is 25.5 Å². The number of rotatable bonds is 4. The Morgan fingerprint density at radius 3 is 2.58 bits per heavy atom. The number of terminal acetylenes is 1. The van der Waals surface area contributed by atoms with Crippen molar-refractivity contribution < 1.29 is 9.22 Å². The molecule has 0 aliphatic carbocycles. The number of nitrogens with zero attached hydrogens (tertiary/aromatic N) is 1. The molecule has 1 aliphatic rings. The highest BCUT2D eigenvalue weighted by Gasteiger charge is 2.38. The van der Waals surface area contributed by atoms with E-state index in [1.54, 1.807) is 4.90 Å². The van der Waals surface area contributed by atoms with E-state index in [2.05, 4.69) is 39.8 Å². The predicted molar refractivity (Wildman–Crippen MR) is 81.3 cm³/mol. The second-order valence-corrected chi connectivity index (χ2v) is 11.8. The molecule has 108 valence electrons. The highest BCUT2D eigenvalue weighted by molar-refractivity contribution is 6.74. The van der Waals surface area contributed by atoms with Crippen molar-refractivity contribution in [3.05, 3.63) is 0 Å². The van der Waals surface area contributed by atoms with Crippen LogP contribution in [0.1, 0.15) is 33.6 Å². The maximum Gasteiger partial charge on any atom is 0.223 e. The van der Waals surface area contributed by atoms with E-state index < -0.39 is 8.32 Å². The van der Waals surface area contributed by atoms with Crippen LogP contribution in [0.3, 0.4) is 0 Å². The molecule has 1 rings (SSSR count). The second kappa shape index (κ2) is 6.11. The van der Waals surface area contributed by atoms with Crippen molar-refractivity contribution in [3.63, 3.8) is 0 Å². The topological polar surface area (TPSA) is 29.5 Å². The Labute approximate surface area is 118 Å². The van der Waals surface area contributed by atoms with Crippen LogP contribution in [0.4, 0.5) is 0 Å². The molecule has 1 heterocycles. The Morgan fingerprint density at radius 2 is 2.11 bits per heavy atom. The van der Waals surface area contributed by atoms with Gasteiger partial charge in [-0.25, -0.2) is 0 Å². The second-order valence-electron chi connectivity index (χ2n) is 6.95. The van der Waals surface area contributed by atoms with E-state index in [1.165, 1.54) is 0 Å². The molecule has 0 bridgehead atoms. The molecule has 0 saturated carbocycles. The van der Waals surface area contributed by atoms with Crippen LogP contribution in [0.2, 0.25) is 18.1 Å². The van der Waals surface area contributed by atoms with Crippen LogP contribution in [-0.2, 0) is 9.22 Å². The zero-order valence-electron chi connectivity index (χ0n) is 13.0. The van der Waals surface area contributed by atoms with Crippen molar-refractivity contribution in [1.29, 1.82) is 0 Å². The van der Waals surface area contributed by atoms with Gasteiger partial charge in [-0.1, -0.05) is 26.7 Å². The zero-order valence-corrected chi connectivity index (χ0v) is 14.0. The van der Waals surface area contributed by atoms with Gasteiger partial charge < -0.3 is 9.33 Å². The fraction of sp³-hybridized carbons (Fsp3) is 0.800. The maximum atomic E-state index is 11.9. The van der Waals surface area contributed by atoms with Gasteiger partial charge in [0, 0.05) is 19.6 Å². The average Bonchev–Trinajstić information content (AvgIpc) is 2.28. The minimum atomic E-state index is -1.70. The summed E-state index contributed by atoms with van der Waals surface area (Å²) in [5.41, 5.74) is 0. The summed E-state index contributed by atoms with van der Waals surface area (Å²) in [5.74, 6) is 3.07. The zero-order chi connectivity index (χ0) is 14.7. The van der Waals surface area contributed by atoms with Gasteiger partial charge in [0.25, 0.3) is 0 Å². The lowest BCUT2D eigenvalue weighted by molar-refractivity contribution is -0.134. The van der Waals surface area contributed by atoms with Crippen molar-refractivity contribution in [1.82, 2.24) is 4.90 Å². The van der Waals surface area contributed by atoms with E-state index in [9.17, 15) is 4.79 Å². The van der Waals surface area contributed by atoms with Gasteiger partial charge in [-0.15, -0.1) is 6.42 Å². The van der Waals surface area contributed by atoms with Crippen LogP contribution < -0.4 is 0 Å². The number of hydrogen-bond donors (Lipinski definition) is 0. The predicted octanol–water partition coefficient (Wildman–Crippen LogP) is 2.88. The molecule has 1 atom stereocenters. The summed E-state index contributed by atoms with van der Waals surface area (Å²) in [5, 5.41) is 0.223. The average molecular weight is 281 g/mol. The fourth-order valence-corrected chi connectivity index (χ4v) is 2.99. The summed E-state index contributed by atoms with van der Waals surface area (Å²) in [6.45, 7) is 13.1. The van der Waals surface area contributed by atoms with Gasteiger partial charge in [-0.2, -0.15) is 0 Å².